The van der Waals surface area contributed by atoms with Crippen molar-refractivity contribution >= 4 is 27.9 Å². The van der Waals surface area contributed by atoms with Crippen LogP contribution in [0.2, 0.25) is 0 Å². The quantitative estimate of drug-likeness (QED) is 0.903. The molecule has 0 amide bonds. The number of rotatable bonds is 3. The lowest BCUT2D eigenvalue weighted by Gasteiger charge is -2.07. The molecule has 0 aliphatic carbocycles. The molecule has 6 nitrogen and oxygen atoms in total. The van der Waals surface area contributed by atoms with Crippen molar-refractivity contribution in [3.63, 3.8) is 0 Å². The van der Waals surface area contributed by atoms with Crippen LogP contribution in [0.4, 0.5) is 0 Å². The van der Waals surface area contributed by atoms with Gasteiger partial charge < -0.3 is 10.2 Å². The molecule has 1 aromatic heterocycles. The maximum Gasteiger partial charge on any atom is 0.355 e. The summed E-state index contributed by atoms with van der Waals surface area (Å²) in [6.45, 7) is 1.84. The van der Waals surface area contributed by atoms with E-state index in [9.17, 15) is 9.59 Å². The highest BCUT2D eigenvalue weighted by Crippen LogP contribution is 2.21. The summed E-state index contributed by atoms with van der Waals surface area (Å²) in [5.41, 5.74) is 0.667. The first-order chi connectivity index (χ1) is 8.90. The monoisotopic (exact) mass is 324 g/mol. The van der Waals surface area contributed by atoms with Crippen molar-refractivity contribution in [2.45, 2.75) is 6.92 Å². The predicted octanol–water partition coefficient (Wildman–Crippen LogP) is 2.34. The van der Waals surface area contributed by atoms with E-state index in [-0.39, 0.29) is 11.3 Å². The number of carboxylic acids is 2. The van der Waals surface area contributed by atoms with Gasteiger partial charge in [-0.05, 0) is 30.7 Å². The molecule has 0 atom stereocenters. The first-order valence-electron chi connectivity index (χ1n) is 5.22. The van der Waals surface area contributed by atoms with Crippen LogP contribution in [-0.2, 0) is 0 Å². The summed E-state index contributed by atoms with van der Waals surface area (Å²) in [4.78, 5) is 22.2. The zero-order chi connectivity index (χ0) is 14.2. The molecule has 0 aliphatic heterocycles. The first kappa shape index (κ1) is 13.3. The van der Waals surface area contributed by atoms with E-state index in [0.29, 0.717) is 5.69 Å². The van der Waals surface area contributed by atoms with Crippen LogP contribution in [0.25, 0.3) is 5.69 Å². The third-order valence-electron chi connectivity index (χ3n) is 2.47. The molecule has 0 saturated carbocycles. The van der Waals surface area contributed by atoms with Crippen LogP contribution in [0, 0.1) is 6.92 Å². The number of nitrogens with zero attached hydrogens (tertiary/aromatic N) is 2. The van der Waals surface area contributed by atoms with Gasteiger partial charge >= 0.3 is 11.9 Å². The molecule has 2 rings (SSSR count). The van der Waals surface area contributed by atoms with Crippen LogP contribution in [0.15, 0.2) is 28.9 Å². The van der Waals surface area contributed by atoms with Gasteiger partial charge in [0.05, 0.1) is 11.9 Å². The van der Waals surface area contributed by atoms with E-state index in [1.165, 1.54) is 0 Å². The van der Waals surface area contributed by atoms with E-state index in [0.717, 1.165) is 20.9 Å². The number of carboxylic acid groups (broad SMARTS) is 2. The number of benzene rings is 1. The van der Waals surface area contributed by atoms with Crippen molar-refractivity contribution in [1.82, 2.24) is 9.78 Å². The van der Waals surface area contributed by atoms with E-state index in [1.54, 1.807) is 12.1 Å². The Morgan fingerprint density at radius 3 is 2.42 bits per heavy atom. The van der Waals surface area contributed by atoms with Gasteiger partial charge in [0.1, 0.15) is 5.56 Å². The minimum Gasteiger partial charge on any atom is -0.478 e. The highest BCUT2D eigenvalue weighted by Gasteiger charge is 2.23. The second-order valence-corrected chi connectivity index (χ2v) is 4.83. The van der Waals surface area contributed by atoms with Gasteiger partial charge in [0.25, 0.3) is 0 Å². The van der Waals surface area contributed by atoms with E-state index < -0.39 is 11.9 Å². The Kier molecular flexibility index (Phi) is 3.39. The molecule has 1 heterocycles. The lowest BCUT2D eigenvalue weighted by Crippen LogP contribution is -2.12. The van der Waals surface area contributed by atoms with Crippen LogP contribution in [0.5, 0.6) is 0 Å². The molecule has 0 aliphatic rings. The van der Waals surface area contributed by atoms with Crippen LogP contribution < -0.4 is 0 Å². The molecule has 1 aromatic carbocycles. The summed E-state index contributed by atoms with van der Waals surface area (Å²) in [6, 6.07) is 5.24. The summed E-state index contributed by atoms with van der Waals surface area (Å²) >= 11 is 3.30. The fourth-order valence-electron chi connectivity index (χ4n) is 1.75. The lowest BCUT2D eigenvalue weighted by atomic mass is 10.2. The summed E-state index contributed by atoms with van der Waals surface area (Å²) < 4.78 is 1.86. The maximum atomic E-state index is 11.2. The van der Waals surface area contributed by atoms with Crippen LogP contribution in [-0.4, -0.2) is 31.9 Å². The Bertz CT molecular complexity index is 658. The van der Waals surface area contributed by atoms with Gasteiger partial charge in [-0.15, -0.1) is 0 Å². The molecule has 0 saturated heterocycles. The van der Waals surface area contributed by atoms with Crippen molar-refractivity contribution in [2.24, 2.45) is 0 Å². The fraction of sp³-hybridized carbons (Fsp3) is 0.0833. The van der Waals surface area contributed by atoms with Crippen LogP contribution in [0.1, 0.15) is 26.4 Å². The molecule has 2 aromatic rings. The van der Waals surface area contributed by atoms with Crippen molar-refractivity contribution < 1.29 is 19.8 Å². The van der Waals surface area contributed by atoms with Gasteiger partial charge in [-0.1, -0.05) is 15.9 Å². The third kappa shape index (κ3) is 2.50. The van der Waals surface area contributed by atoms with Crippen molar-refractivity contribution in [3.8, 4) is 5.69 Å². The number of hydrogen-bond donors (Lipinski definition) is 2. The first-order valence-corrected chi connectivity index (χ1v) is 6.01. The molecule has 0 unspecified atom stereocenters. The smallest absolute Gasteiger partial charge is 0.355 e. The molecule has 0 radical (unpaired) electrons. The largest absolute Gasteiger partial charge is 0.478 e. The number of carbonyl (C=O) groups is 2. The maximum absolute atomic E-state index is 11.2. The second-order valence-electron chi connectivity index (χ2n) is 3.92. The highest BCUT2D eigenvalue weighted by atomic mass is 79.9. The average molecular weight is 325 g/mol. The summed E-state index contributed by atoms with van der Waals surface area (Å²) in [5, 5.41) is 22.0. The predicted molar refractivity (Wildman–Crippen MR) is 69.9 cm³/mol. The van der Waals surface area contributed by atoms with E-state index in [1.807, 2.05) is 13.0 Å². The molecular formula is C12H9BrN2O4. The Balaban J connectivity index is 2.69. The normalized spacial score (nSPS) is 10.4. The number of aryl methyl sites for hydroxylation is 1. The minimum absolute atomic E-state index is 0.342. The van der Waals surface area contributed by atoms with Crippen molar-refractivity contribution in [3.05, 3.63) is 45.7 Å². The molecule has 98 valence electrons. The summed E-state index contributed by atoms with van der Waals surface area (Å²) in [5.74, 6) is -2.66. The molecule has 19 heavy (non-hydrogen) atoms. The highest BCUT2D eigenvalue weighted by molar-refractivity contribution is 9.10. The molecule has 0 spiro atoms. The van der Waals surface area contributed by atoms with Crippen molar-refractivity contribution in [2.75, 3.05) is 0 Å². The molecular weight excluding hydrogens is 316 g/mol. The van der Waals surface area contributed by atoms with Gasteiger partial charge in [-0.3, -0.25) is 0 Å². The minimum atomic E-state index is -1.34. The van der Waals surface area contributed by atoms with Crippen molar-refractivity contribution in [1.29, 1.82) is 0 Å². The Labute approximate surface area is 116 Å². The van der Waals surface area contributed by atoms with Gasteiger partial charge in [0.2, 0.25) is 0 Å². The lowest BCUT2D eigenvalue weighted by molar-refractivity contribution is 0.0646. The Hall–Kier alpha value is -2.15. The van der Waals surface area contributed by atoms with Gasteiger partial charge in [0.15, 0.2) is 5.69 Å². The van der Waals surface area contributed by atoms with E-state index in [4.69, 9.17) is 10.2 Å². The zero-order valence-corrected chi connectivity index (χ0v) is 11.4. The van der Waals surface area contributed by atoms with Crippen LogP contribution >= 0.6 is 15.9 Å². The standard InChI is InChI=1S/C12H9BrN2O4/c1-6-2-7(13)4-8(3-6)15-10(12(18)19)9(5-14-15)11(16)17/h2-5H,1H3,(H,16,17)(H,18,19). The number of aromatic carboxylic acids is 2. The average Bonchev–Trinajstić information content (AvgIpc) is 2.71. The molecule has 0 fully saturated rings. The van der Waals surface area contributed by atoms with Crippen LogP contribution in [0.3, 0.4) is 0 Å². The topological polar surface area (TPSA) is 92.4 Å². The molecule has 2 N–H and O–H groups in total. The summed E-state index contributed by atoms with van der Waals surface area (Å²) in [6.07, 6.45) is 1.03. The fourth-order valence-corrected chi connectivity index (χ4v) is 2.34. The summed E-state index contributed by atoms with van der Waals surface area (Å²) in [7, 11) is 0. The Morgan fingerprint density at radius 2 is 1.89 bits per heavy atom. The second kappa shape index (κ2) is 4.85. The molecule has 7 heteroatoms. The van der Waals surface area contributed by atoms with Gasteiger partial charge in [-0.2, -0.15) is 5.10 Å². The van der Waals surface area contributed by atoms with Gasteiger partial charge in [0, 0.05) is 4.47 Å². The SMILES string of the molecule is Cc1cc(Br)cc(-n2ncc(C(=O)O)c2C(=O)O)c1. The zero-order valence-electron chi connectivity index (χ0n) is 9.79. The third-order valence-corrected chi connectivity index (χ3v) is 2.93. The number of hydrogen-bond acceptors (Lipinski definition) is 3. The van der Waals surface area contributed by atoms with E-state index in [2.05, 4.69) is 21.0 Å². The number of halogens is 1. The number of aromatic nitrogens is 2. The Morgan fingerprint density at radius 1 is 1.21 bits per heavy atom. The van der Waals surface area contributed by atoms with E-state index >= 15 is 0 Å². The molecule has 0 bridgehead atoms. The van der Waals surface area contributed by atoms with Gasteiger partial charge in [-0.25, -0.2) is 14.3 Å².